The maximum absolute atomic E-state index is 11.7. The van der Waals surface area contributed by atoms with Gasteiger partial charge in [0.15, 0.2) is 0 Å². The lowest BCUT2D eigenvalue weighted by Gasteiger charge is -1.99. The highest BCUT2D eigenvalue weighted by molar-refractivity contribution is 5.81. The van der Waals surface area contributed by atoms with Crippen LogP contribution in [0.3, 0.4) is 0 Å². The van der Waals surface area contributed by atoms with E-state index in [1.165, 1.54) is 12.2 Å². The molecule has 2 nitrogen and oxygen atoms in total. The summed E-state index contributed by atoms with van der Waals surface area (Å²) in [6, 6.07) is 0. The van der Waals surface area contributed by atoms with Gasteiger partial charge < -0.3 is 5.32 Å². The third-order valence-corrected chi connectivity index (χ3v) is 1.70. The summed E-state index contributed by atoms with van der Waals surface area (Å²) in [6.45, 7) is 0. The van der Waals surface area contributed by atoms with Crippen LogP contribution in [0.25, 0.3) is 0 Å². The van der Waals surface area contributed by atoms with Gasteiger partial charge in [-0.15, -0.1) is 0 Å². The van der Waals surface area contributed by atoms with Gasteiger partial charge in [-0.05, 0) is 12.5 Å². The Balaban J connectivity index is 2.36. The molecule has 0 spiro atoms. The Hall–Kier alpha value is -1.26. The van der Waals surface area contributed by atoms with Crippen molar-refractivity contribution in [2.45, 2.75) is 25.4 Å². The van der Waals surface area contributed by atoms with Gasteiger partial charge in [-0.1, -0.05) is 12.2 Å². The number of carbonyl (C=O) groups is 1. The van der Waals surface area contributed by atoms with Crippen LogP contribution in [0, 0.1) is 0 Å². The molecular formula is C9H10F3NO. The van der Waals surface area contributed by atoms with E-state index in [0.717, 1.165) is 6.08 Å². The summed E-state index contributed by atoms with van der Waals surface area (Å²) in [5.74, 6) is -0.0829. The maximum atomic E-state index is 11.7. The molecule has 0 atom stereocenters. The zero-order valence-electron chi connectivity index (χ0n) is 7.40. The number of alkyl halides is 3. The van der Waals surface area contributed by atoms with Crippen LogP contribution in [0.15, 0.2) is 23.9 Å². The summed E-state index contributed by atoms with van der Waals surface area (Å²) >= 11 is 0. The summed E-state index contributed by atoms with van der Waals surface area (Å²) in [5.41, 5.74) is 0.674. The quantitative estimate of drug-likeness (QED) is 0.736. The Morgan fingerprint density at radius 1 is 1.36 bits per heavy atom. The van der Waals surface area contributed by atoms with Gasteiger partial charge in [-0.3, -0.25) is 4.79 Å². The van der Waals surface area contributed by atoms with Gasteiger partial charge in [-0.2, -0.15) is 13.2 Å². The first-order chi connectivity index (χ1) is 6.47. The fourth-order valence-corrected chi connectivity index (χ4v) is 1.06. The molecule has 78 valence electrons. The van der Waals surface area contributed by atoms with Gasteiger partial charge in [0.1, 0.15) is 0 Å². The molecule has 1 rings (SSSR count). The lowest BCUT2D eigenvalue weighted by molar-refractivity contribution is -0.125. The minimum atomic E-state index is -4.16. The summed E-state index contributed by atoms with van der Waals surface area (Å²) < 4.78 is 35.0. The van der Waals surface area contributed by atoms with Crippen molar-refractivity contribution >= 4 is 5.91 Å². The molecule has 0 bridgehead atoms. The van der Waals surface area contributed by atoms with E-state index >= 15 is 0 Å². The summed E-state index contributed by atoms with van der Waals surface area (Å²) in [5, 5.41) is 2.54. The Kier molecular flexibility index (Phi) is 3.33. The Morgan fingerprint density at radius 3 is 2.57 bits per heavy atom. The number of hydrogen-bond acceptors (Lipinski definition) is 1. The smallest absolute Gasteiger partial charge is 0.330 e. The zero-order valence-corrected chi connectivity index (χ0v) is 7.40. The molecule has 0 unspecified atom stereocenters. The maximum Gasteiger partial charge on any atom is 0.392 e. The minimum absolute atomic E-state index is 0.0829. The van der Waals surface area contributed by atoms with Crippen molar-refractivity contribution in [3.63, 3.8) is 0 Å². The van der Waals surface area contributed by atoms with Crippen LogP contribution in [0.4, 0.5) is 13.2 Å². The number of amides is 1. The van der Waals surface area contributed by atoms with Crippen molar-refractivity contribution in [2.75, 3.05) is 0 Å². The van der Waals surface area contributed by atoms with Crippen molar-refractivity contribution in [2.24, 2.45) is 0 Å². The molecule has 1 fully saturated rings. The third-order valence-electron chi connectivity index (χ3n) is 1.70. The molecule has 0 saturated carbocycles. The normalized spacial score (nSPS) is 20.8. The average molecular weight is 205 g/mol. The zero-order chi connectivity index (χ0) is 10.6. The van der Waals surface area contributed by atoms with E-state index in [0.29, 0.717) is 18.5 Å². The number of hydrogen-bond donors (Lipinski definition) is 1. The lowest BCUT2D eigenvalue weighted by atomic mass is 10.3. The van der Waals surface area contributed by atoms with Crippen LogP contribution >= 0.6 is 0 Å². The van der Waals surface area contributed by atoms with Crippen molar-refractivity contribution in [3.8, 4) is 0 Å². The van der Waals surface area contributed by atoms with Crippen molar-refractivity contribution in [3.05, 3.63) is 23.9 Å². The molecule has 0 aliphatic carbocycles. The van der Waals surface area contributed by atoms with E-state index in [-0.39, 0.29) is 5.91 Å². The van der Waals surface area contributed by atoms with Crippen LogP contribution < -0.4 is 5.32 Å². The fourth-order valence-electron chi connectivity index (χ4n) is 1.06. The monoisotopic (exact) mass is 205 g/mol. The first kappa shape index (κ1) is 10.8. The molecule has 0 aromatic rings. The van der Waals surface area contributed by atoms with Crippen LogP contribution in [0.1, 0.15) is 19.3 Å². The fraction of sp³-hybridized carbons (Fsp3) is 0.444. The average Bonchev–Trinajstić information content (AvgIpc) is 2.44. The van der Waals surface area contributed by atoms with E-state index in [2.05, 4.69) is 5.32 Å². The lowest BCUT2D eigenvalue weighted by Crippen LogP contribution is -2.11. The van der Waals surface area contributed by atoms with Crippen molar-refractivity contribution in [1.29, 1.82) is 0 Å². The van der Waals surface area contributed by atoms with Crippen molar-refractivity contribution in [1.82, 2.24) is 5.32 Å². The van der Waals surface area contributed by atoms with E-state index in [1.54, 1.807) is 0 Å². The van der Waals surface area contributed by atoms with Crippen LogP contribution in [-0.2, 0) is 4.79 Å². The standard InChI is InChI=1S/C9H10F3NO/c10-9(11,12)6-2-1-3-7-4-5-8(14)13-7/h1-3H,4-6H2,(H,13,14)/b2-1-,7-3+. The van der Waals surface area contributed by atoms with Crippen molar-refractivity contribution < 1.29 is 18.0 Å². The van der Waals surface area contributed by atoms with Crippen LogP contribution in [0.5, 0.6) is 0 Å². The van der Waals surface area contributed by atoms with Gasteiger partial charge in [-0.25, -0.2) is 0 Å². The predicted octanol–water partition coefficient (Wildman–Crippen LogP) is 2.29. The van der Waals surface area contributed by atoms with Gasteiger partial charge in [0.2, 0.25) is 5.91 Å². The van der Waals surface area contributed by atoms with E-state index in [4.69, 9.17) is 0 Å². The minimum Gasteiger partial charge on any atom is -0.330 e. The largest absolute Gasteiger partial charge is 0.392 e. The molecule has 1 aliphatic heterocycles. The molecule has 0 aromatic heterocycles. The Bertz CT molecular complexity index is 278. The third kappa shape index (κ3) is 4.11. The Morgan fingerprint density at radius 2 is 2.07 bits per heavy atom. The molecule has 1 saturated heterocycles. The highest BCUT2D eigenvalue weighted by Crippen LogP contribution is 2.19. The second-order valence-corrected chi connectivity index (χ2v) is 2.99. The predicted molar refractivity (Wildman–Crippen MR) is 45.3 cm³/mol. The van der Waals surface area contributed by atoms with Gasteiger partial charge in [0, 0.05) is 12.1 Å². The SMILES string of the molecule is O=C1CC/C(=C\C=C/CC(F)(F)F)N1. The highest BCUT2D eigenvalue weighted by atomic mass is 19.4. The molecule has 1 N–H and O–H groups in total. The number of carbonyl (C=O) groups excluding carboxylic acids is 1. The topological polar surface area (TPSA) is 29.1 Å². The summed E-state index contributed by atoms with van der Waals surface area (Å²) in [6.07, 6.45) is -0.269. The van der Waals surface area contributed by atoms with Gasteiger partial charge in [0.05, 0.1) is 6.42 Å². The van der Waals surface area contributed by atoms with E-state index in [1.807, 2.05) is 0 Å². The van der Waals surface area contributed by atoms with Gasteiger partial charge in [0.25, 0.3) is 0 Å². The molecule has 1 amide bonds. The number of nitrogens with one attached hydrogen (secondary N) is 1. The summed E-state index contributed by atoms with van der Waals surface area (Å²) in [4.78, 5) is 10.7. The molecular weight excluding hydrogens is 195 g/mol. The molecule has 1 heterocycles. The number of rotatable bonds is 2. The second-order valence-electron chi connectivity index (χ2n) is 2.99. The first-order valence-electron chi connectivity index (χ1n) is 4.20. The first-order valence-corrected chi connectivity index (χ1v) is 4.20. The number of halogens is 3. The number of allylic oxidation sites excluding steroid dienone is 4. The summed E-state index contributed by atoms with van der Waals surface area (Å²) in [7, 11) is 0. The van der Waals surface area contributed by atoms with Crippen LogP contribution in [-0.4, -0.2) is 12.1 Å². The van der Waals surface area contributed by atoms with E-state index < -0.39 is 12.6 Å². The molecule has 1 aliphatic rings. The Labute approximate surface area is 79.5 Å². The van der Waals surface area contributed by atoms with Crippen LogP contribution in [0.2, 0.25) is 0 Å². The second kappa shape index (κ2) is 4.30. The molecule has 0 aromatic carbocycles. The molecule has 5 heteroatoms. The van der Waals surface area contributed by atoms with E-state index in [9.17, 15) is 18.0 Å². The molecule has 14 heavy (non-hydrogen) atoms. The highest BCUT2D eigenvalue weighted by Gasteiger charge is 2.24. The van der Waals surface area contributed by atoms with Gasteiger partial charge >= 0.3 is 6.18 Å². The molecule has 0 radical (unpaired) electrons.